The minimum absolute atomic E-state index is 0.324. The number of nitrogens with zero attached hydrogens (tertiary/aromatic N) is 4. The molecule has 0 unspecified atom stereocenters. The lowest BCUT2D eigenvalue weighted by Gasteiger charge is -2.28. The highest BCUT2D eigenvalue weighted by Crippen LogP contribution is 2.28. The molecule has 2 fully saturated rings. The number of carbonyl (C=O) groups is 1. The molecular weight excluding hydrogens is 320 g/mol. The number of thiazole rings is 1. The van der Waals surface area contributed by atoms with E-state index in [-0.39, 0.29) is 0 Å². The van der Waals surface area contributed by atoms with E-state index in [4.69, 9.17) is 0 Å². The molecule has 0 bridgehead atoms. The first-order valence-corrected chi connectivity index (χ1v) is 10.1. The normalized spacial score (nSPS) is 19.6. The van der Waals surface area contributed by atoms with Gasteiger partial charge in [0.25, 0.3) is 0 Å². The summed E-state index contributed by atoms with van der Waals surface area (Å²) in [7, 11) is 0. The lowest BCUT2D eigenvalue weighted by Crippen LogP contribution is -2.44. The van der Waals surface area contributed by atoms with Crippen molar-refractivity contribution in [3.05, 3.63) is 11.1 Å². The number of amides is 1. The molecule has 0 N–H and O–H groups in total. The quantitative estimate of drug-likeness (QED) is 0.791. The van der Waals surface area contributed by atoms with Gasteiger partial charge in [0.2, 0.25) is 5.91 Å². The molecule has 1 amide bonds. The number of aromatic nitrogens is 1. The first kappa shape index (κ1) is 17.7. The molecule has 24 heavy (non-hydrogen) atoms. The van der Waals surface area contributed by atoms with Crippen molar-refractivity contribution < 1.29 is 4.79 Å². The Morgan fingerprint density at radius 3 is 2.75 bits per heavy atom. The third-order valence-corrected chi connectivity index (χ3v) is 5.71. The van der Waals surface area contributed by atoms with Crippen LogP contribution >= 0.6 is 11.3 Å². The number of rotatable bonds is 6. The van der Waals surface area contributed by atoms with Gasteiger partial charge in [-0.15, -0.1) is 11.3 Å². The Kier molecular flexibility index (Phi) is 5.76. The Balaban J connectivity index is 1.53. The molecule has 6 heteroatoms. The fourth-order valence-corrected chi connectivity index (χ4v) is 4.18. The molecule has 0 atom stereocenters. The number of aryl methyl sites for hydroxylation is 1. The first-order valence-electron chi connectivity index (χ1n) is 9.22. The van der Waals surface area contributed by atoms with Crippen LogP contribution in [-0.4, -0.2) is 66.0 Å². The van der Waals surface area contributed by atoms with Crippen LogP contribution in [0.5, 0.6) is 0 Å². The Hall–Kier alpha value is -1.14. The number of hydrogen-bond acceptors (Lipinski definition) is 5. The van der Waals surface area contributed by atoms with Gasteiger partial charge in [0.15, 0.2) is 5.13 Å². The SMILES string of the molecule is Cc1csc(N2CCCN(CC(=O)N(CC(C)C)C3CC3)CC2)n1. The Labute approximate surface area is 149 Å². The van der Waals surface area contributed by atoms with E-state index in [0.717, 1.165) is 50.0 Å². The van der Waals surface area contributed by atoms with Crippen molar-refractivity contribution >= 4 is 22.4 Å². The predicted molar refractivity (Wildman–Crippen MR) is 99.7 cm³/mol. The van der Waals surface area contributed by atoms with E-state index >= 15 is 0 Å². The monoisotopic (exact) mass is 350 g/mol. The third-order valence-electron chi connectivity index (χ3n) is 4.69. The Morgan fingerprint density at radius 1 is 1.33 bits per heavy atom. The number of anilines is 1. The molecule has 5 nitrogen and oxygen atoms in total. The summed E-state index contributed by atoms with van der Waals surface area (Å²) in [5.74, 6) is 0.868. The van der Waals surface area contributed by atoms with Gasteiger partial charge in [0.1, 0.15) is 0 Å². The van der Waals surface area contributed by atoms with Crippen molar-refractivity contribution in [1.82, 2.24) is 14.8 Å². The average Bonchev–Trinajstić information content (AvgIpc) is 3.31. The van der Waals surface area contributed by atoms with Crippen LogP contribution in [0.3, 0.4) is 0 Å². The van der Waals surface area contributed by atoms with Crippen LogP contribution in [0.25, 0.3) is 0 Å². The molecule has 1 saturated heterocycles. The first-order chi connectivity index (χ1) is 11.5. The molecule has 2 aliphatic rings. The fraction of sp³-hybridized carbons (Fsp3) is 0.778. The van der Waals surface area contributed by atoms with Gasteiger partial charge in [0.05, 0.1) is 12.2 Å². The van der Waals surface area contributed by atoms with Gasteiger partial charge in [-0.1, -0.05) is 13.8 Å². The van der Waals surface area contributed by atoms with E-state index in [1.54, 1.807) is 11.3 Å². The zero-order valence-electron chi connectivity index (χ0n) is 15.2. The standard InChI is InChI=1S/C18H30N4OS/c1-14(2)11-22(16-5-6-16)17(23)12-20-7-4-8-21(10-9-20)18-19-15(3)13-24-18/h13-14,16H,4-12H2,1-3H3. The highest BCUT2D eigenvalue weighted by atomic mass is 32.1. The van der Waals surface area contributed by atoms with Gasteiger partial charge in [-0.25, -0.2) is 4.98 Å². The van der Waals surface area contributed by atoms with Crippen LogP contribution in [0.2, 0.25) is 0 Å². The van der Waals surface area contributed by atoms with Gasteiger partial charge in [-0.05, 0) is 32.1 Å². The molecule has 1 saturated carbocycles. The minimum Gasteiger partial charge on any atom is -0.347 e. The summed E-state index contributed by atoms with van der Waals surface area (Å²) < 4.78 is 0. The second-order valence-electron chi connectivity index (χ2n) is 7.56. The largest absolute Gasteiger partial charge is 0.347 e. The van der Waals surface area contributed by atoms with E-state index in [1.165, 1.54) is 12.8 Å². The zero-order valence-corrected chi connectivity index (χ0v) is 16.0. The van der Waals surface area contributed by atoms with Gasteiger partial charge in [0, 0.05) is 44.1 Å². The summed E-state index contributed by atoms with van der Waals surface area (Å²) in [4.78, 5) is 24.2. The molecule has 1 aromatic rings. The van der Waals surface area contributed by atoms with E-state index in [2.05, 4.69) is 38.9 Å². The number of carbonyl (C=O) groups excluding carboxylic acids is 1. The second-order valence-corrected chi connectivity index (χ2v) is 8.40. The summed E-state index contributed by atoms with van der Waals surface area (Å²) in [6.07, 6.45) is 3.48. The van der Waals surface area contributed by atoms with Crippen LogP contribution in [0, 0.1) is 12.8 Å². The highest BCUT2D eigenvalue weighted by Gasteiger charge is 2.33. The third kappa shape index (κ3) is 4.70. The fourth-order valence-electron chi connectivity index (χ4n) is 3.32. The van der Waals surface area contributed by atoms with Gasteiger partial charge in [-0.3, -0.25) is 9.69 Å². The van der Waals surface area contributed by atoms with E-state index in [1.807, 2.05) is 6.92 Å². The van der Waals surface area contributed by atoms with Crippen LogP contribution in [-0.2, 0) is 4.79 Å². The smallest absolute Gasteiger partial charge is 0.237 e. The van der Waals surface area contributed by atoms with E-state index < -0.39 is 0 Å². The molecule has 0 aromatic carbocycles. The molecule has 3 rings (SSSR count). The van der Waals surface area contributed by atoms with Crippen molar-refractivity contribution in [2.24, 2.45) is 5.92 Å². The molecule has 134 valence electrons. The lowest BCUT2D eigenvalue weighted by molar-refractivity contribution is -0.133. The average molecular weight is 351 g/mol. The summed E-state index contributed by atoms with van der Waals surface area (Å²) >= 11 is 1.73. The molecule has 1 aromatic heterocycles. The topological polar surface area (TPSA) is 39.7 Å². The van der Waals surface area contributed by atoms with Crippen molar-refractivity contribution in [3.63, 3.8) is 0 Å². The zero-order chi connectivity index (χ0) is 17.1. The number of hydrogen-bond donors (Lipinski definition) is 0. The van der Waals surface area contributed by atoms with Crippen molar-refractivity contribution in [1.29, 1.82) is 0 Å². The summed E-state index contributed by atoms with van der Waals surface area (Å²) in [6.45, 7) is 11.9. The maximum atomic E-state index is 12.8. The van der Waals surface area contributed by atoms with Crippen LogP contribution in [0.1, 0.15) is 38.8 Å². The maximum Gasteiger partial charge on any atom is 0.237 e. The Bertz CT molecular complexity index is 555. The molecule has 0 spiro atoms. The summed E-state index contributed by atoms with van der Waals surface area (Å²) in [5.41, 5.74) is 1.10. The summed E-state index contributed by atoms with van der Waals surface area (Å²) in [5, 5.41) is 3.24. The molecule has 1 aliphatic heterocycles. The summed E-state index contributed by atoms with van der Waals surface area (Å²) in [6, 6.07) is 0.515. The van der Waals surface area contributed by atoms with Crippen molar-refractivity contribution in [3.8, 4) is 0 Å². The van der Waals surface area contributed by atoms with Gasteiger partial charge >= 0.3 is 0 Å². The van der Waals surface area contributed by atoms with Crippen LogP contribution in [0.4, 0.5) is 5.13 Å². The minimum atomic E-state index is 0.324. The predicted octanol–water partition coefficient (Wildman–Crippen LogP) is 2.61. The highest BCUT2D eigenvalue weighted by molar-refractivity contribution is 7.13. The molecule has 2 heterocycles. The Morgan fingerprint density at radius 2 is 2.12 bits per heavy atom. The van der Waals surface area contributed by atoms with Crippen molar-refractivity contribution in [2.75, 3.05) is 44.2 Å². The van der Waals surface area contributed by atoms with E-state index in [0.29, 0.717) is 24.4 Å². The van der Waals surface area contributed by atoms with Crippen molar-refractivity contribution in [2.45, 2.75) is 46.1 Å². The molecule has 0 radical (unpaired) electrons. The maximum absolute atomic E-state index is 12.8. The van der Waals surface area contributed by atoms with E-state index in [9.17, 15) is 4.79 Å². The molecule has 1 aliphatic carbocycles. The van der Waals surface area contributed by atoms with Gasteiger partial charge in [-0.2, -0.15) is 0 Å². The van der Waals surface area contributed by atoms with Crippen LogP contribution < -0.4 is 4.90 Å². The second kappa shape index (κ2) is 7.83. The van der Waals surface area contributed by atoms with Crippen LogP contribution in [0.15, 0.2) is 5.38 Å². The molecular formula is C18H30N4OS. The van der Waals surface area contributed by atoms with Gasteiger partial charge < -0.3 is 9.80 Å². The lowest BCUT2D eigenvalue weighted by atomic mass is 10.2.